The van der Waals surface area contributed by atoms with Crippen molar-refractivity contribution in [3.63, 3.8) is 0 Å². The Morgan fingerprint density at radius 3 is 2.70 bits per heavy atom. The molecule has 1 amide bonds. The second kappa shape index (κ2) is 8.33. The van der Waals surface area contributed by atoms with Crippen molar-refractivity contribution in [2.45, 2.75) is 19.9 Å². The third kappa shape index (κ3) is 4.64. The first kappa shape index (κ1) is 18.3. The zero-order valence-corrected chi connectivity index (χ0v) is 17.1. The van der Waals surface area contributed by atoms with Crippen molar-refractivity contribution in [1.29, 1.82) is 0 Å². The second-order valence-electron chi connectivity index (χ2n) is 6.93. The Bertz CT molecular complexity index is 896. The van der Waals surface area contributed by atoms with Crippen molar-refractivity contribution in [1.82, 2.24) is 14.8 Å². The Balaban J connectivity index is 1.31. The van der Waals surface area contributed by atoms with Crippen LogP contribution in [0.4, 0.5) is 0 Å². The standard InChI is InChI=1S/C21H23N3OS2/c1-16-4-2-5-17(12-16)21-22-18(15-27-21)13-20(25)24-9-7-23(8-10-24)14-19-6-3-11-26-19/h2-6,11-12,15H,7-10,13-14H2,1H3. The van der Waals surface area contributed by atoms with Crippen LogP contribution in [-0.2, 0) is 17.8 Å². The molecule has 0 N–H and O–H groups in total. The molecule has 0 aliphatic carbocycles. The van der Waals surface area contributed by atoms with Crippen LogP contribution in [0.25, 0.3) is 10.6 Å². The Morgan fingerprint density at radius 2 is 1.96 bits per heavy atom. The van der Waals surface area contributed by atoms with Gasteiger partial charge in [-0.2, -0.15) is 0 Å². The molecule has 3 heterocycles. The van der Waals surface area contributed by atoms with E-state index in [9.17, 15) is 4.79 Å². The highest BCUT2D eigenvalue weighted by Gasteiger charge is 2.22. The largest absolute Gasteiger partial charge is 0.340 e. The summed E-state index contributed by atoms with van der Waals surface area (Å²) in [4.78, 5) is 23.1. The van der Waals surface area contributed by atoms with E-state index in [1.807, 2.05) is 16.3 Å². The Hall–Kier alpha value is -2.02. The molecule has 1 aliphatic heterocycles. The van der Waals surface area contributed by atoms with Gasteiger partial charge in [0.1, 0.15) is 5.01 Å². The first-order valence-electron chi connectivity index (χ1n) is 9.21. The fourth-order valence-electron chi connectivity index (χ4n) is 3.34. The number of aromatic nitrogens is 1. The number of carbonyl (C=O) groups is 1. The van der Waals surface area contributed by atoms with E-state index in [0.717, 1.165) is 49.0 Å². The molecule has 140 valence electrons. The maximum atomic E-state index is 12.7. The lowest BCUT2D eigenvalue weighted by atomic mass is 10.1. The van der Waals surface area contributed by atoms with Gasteiger partial charge in [-0.1, -0.05) is 29.8 Å². The highest BCUT2D eigenvalue weighted by Crippen LogP contribution is 2.25. The molecular formula is C21H23N3OS2. The number of piperazine rings is 1. The van der Waals surface area contributed by atoms with Crippen LogP contribution in [-0.4, -0.2) is 46.9 Å². The minimum absolute atomic E-state index is 0.187. The lowest BCUT2D eigenvalue weighted by molar-refractivity contribution is -0.132. The van der Waals surface area contributed by atoms with Gasteiger partial charge >= 0.3 is 0 Å². The van der Waals surface area contributed by atoms with Crippen LogP contribution in [0, 0.1) is 6.92 Å². The Kier molecular flexibility index (Phi) is 5.66. The van der Waals surface area contributed by atoms with E-state index in [-0.39, 0.29) is 5.91 Å². The summed E-state index contributed by atoms with van der Waals surface area (Å²) in [5.41, 5.74) is 3.23. The molecular weight excluding hydrogens is 374 g/mol. The van der Waals surface area contributed by atoms with E-state index in [1.165, 1.54) is 10.4 Å². The first-order chi connectivity index (χ1) is 13.2. The molecule has 4 nitrogen and oxygen atoms in total. The van der Waals surface area contributed by atoms with Crippen LogP contribution < -0.4 is 0 Å². The van der Waals surface area contributed by atoms with E-state index in [4.69, 9.17) is 0 Å². The molecule has 0 unspecified atom stereocenters. The highest BCUT2D eigenvalue weighted by atomic mass is 32.1. The molecule has 0 spiro atoms. The molecule has 0 bridgehead atoms. The van der Waals surface area contributed by atoms with E-state index in [0.29, 0.717) is 6.42 Å². The molecule has 0 radical (unpaired) electrons. The number of rotatable bonds is 5. The number of nitrogens with zero attached hydrogens (tertiary/aromatic N) is 3. The number of hydrogen-bond donors (Lipinski definition) is 0. The molecule has 6 heteroatoms. The third-order valence-electron chi connectivity index (χ3n) is 4.83. The molecule has 2 aromatic heterocycles. The van der Waals surface area contributed by atoms with Gasteiger partial charge in [0.05, 0.1) is 12.1 Å². The molecule has 4 rings (SSSR count). The summed E-state index contributed by atoms with van der Waals surface area (Å²) in [6, 6.07) is 12.6. The Morgan fingerprint density at radius 1 is 1.11 bits per heavy atom. The molecule has 0 saturated carbocycles. The average molecular weight is 398 g/mol. The minimum atomic E-state index is 0.187. The lowest BCUT2D eigenvalue weighted by Gasteiger charge is -2.34. The number of thiophene rings is 1. The van der Waals surface area contributed by atoms with Crippen molar-refractivity contribution in [3.8, 4) is 10.6 Å². The van der Waals surface area contributed by atoms with Crippen molar-refractivity contribution in [2.24, 2.45) is 0 Å². The van der Waals surface area contributed by atoms with Crippen LogP contribution in [0.15, 0.2) is 47.2 Å². The van der Waals surface area contributed by atoms with Crippen LogP contribution in [0.2, 0.25) is 0 Å². The van der Waals surface area contributed by atoms with Gasteiger partial charge in [0, 0.05) is 48.5 Å². The van der Waals surface area contributed by atoms with Gasteiger partial charge in [-0.05, 0) is 24.4 Å². The van der Waals surface area contributed by atoms with Crippen LogP contribution in [0.1, 0.15) is 16.1 Å². The summed E-state index contributed by atoms with van der Waals surface area (Å²) in [6.45, 7) is 6.56. The minimum Gasteiger partial charge on any atom is -0.340 e. The maximum absolute atomic E-state index is 12.7. The third-order valence-corrected chi connectivity index (χ3v) is 6.63. The predicted octanol–water partition coefficient (Wildman–Crippen LogP) is 4.07. The Labute approximate surface area is 168 Å². The monoisotopic (exact) mass is 397 g/mol. The van der Waals surface area contributed by atoms with Crippen molar-refractivity contribution < 1.29 is 4.79 Å². The molecule has 0 atom stereocenters. The summed E-state index contributed by atoms with van der Waals surface area (Å²) in [5.74, 6) is 0.187. The summed E-state index contributed by atoms with van der Waals surface area (Å²) < 4.78 is 0. The molecule has 27 heavy (non-hydrogen) atoms. The van der Waals surface area contributed by atoms with Crippen LogP contribution in [0.5, 0.6) is 0 Å². The summed E-state index contributed by atoms with van der Waals surface area (Å²) in [7, 11) is 0. The first-order valence-corrected chi connectivity index (χ1v) is 11.0. The number of hydrogen-bond acceptors (Lipinski definition) is 5. The normalized spacial score (nSPS) is 15.2. The second-order valence-corrected chi connectivity index (χ2v) is 8.82. The van der Waals surface area contributed by atoms with Crippen molar-refractivity contribution in [2.75, 3.05) is 26.2 Å². The lowest BCUT2D eigenvalue weighted by Crippen LogP contribution is -2.48. The summed E-state index contributed by atoms with van der Waals surface area (Å²) >= 11 is 3.41. The summed E-state index contributed by atoms with van der Waals surface area (Å²) in [6.07, 6.45) is 0.396. The highest BCUT2D eigenvalue weighted by molar-refractivity contribution is 7.13. The fourth-order valence-corrected chi connectivity index (χ4v) is 4.91. The molecule has 1 fully saturated rings. The van der Waals surface area contributed by atoms with E-state index in [2.05, 4.69) is 52.5 Å². The zero-order valence-electron chi connectivity index (χ0n) is 15.4. The van der Waals surface area contributed by atoms with E-state index >= 15 is 0 Å². The molecule has 1 aromatic carbocycles. The van der Waals surface area contributed by atoms with Gasteiger partial charge in [0.15, 0.2) is 0 Å². The maximum Gasteiger partial charge on any atom is 0.228 e. The van der Waals surface area contributed by atoms with Crippen molar-refractivity contribution in [3.05, 3.63) is 63.3 Å². The topological polar surface area (TPSA) is 36.4 Å². The van der Waals surface area contributed by atoms with E-state index in [1.54, 1.807) is 22.7 Å². The van der Waals surface area contributed by atoms with Crippen LogP contribution >= 0.6 is 22.7 Å². The van der Waals surface area contributed by atoms with Gasteiger partial charge < -0.3 is 4.90 Å². The SMILES string of the molecule is Cc1cccc(-c2nc(CC(=O)N3CCN(Cc4cccs4)CC3)cs2)c1. The molecule has 1 aliphatic rings. The molecule has 3 aromatic rings. The van der Waals surface area contributed by atoms with Gasteiger partial charge in [-0.25, -0.2) is 4.98 Å². The van der Waals surface area contributed by atoms with Gasteiger partial charge in [0.25, 0.3) is 0 Å². The summed E-state index contributed by atoms with van der Waals surface area (Å²) in [5, 5.41) is 5.12. The zero-order chi connectivity index (χ0) is 18.6. The smallest absolute Gasteiger partial charge is 0.228 e. The number of carbonyl (C=O) groups excluding carboxylic acids is 1. The van der Waals surface area contributed by atoms with Crippen LogP contribution in [0.3, 0.4) is 0 Å². The molecule has 1 saturated heterocycles. The number of benzene rings is 1. The number of amides is 1. The number of aryl methyl sites for hydroxylation is 1. The van der Waals surface area contributed by atoms with E-state index < -0.39 is 0 Å². The van der Waals surface area contributed by atoms with Gasteiger partial charge in [0.2, 0.25) is 5.91 Å². The fraction of sp³-hybridized carbons (Fsp3) is 0.333. The van der Waals surface area contributed by atoms with Gasteiger partial charge in [-0.15, -0.1) is 22.7 Å². The number of thiazole rings is 1. The average Bonchev–Trinajstić information content (AvgIpc) is 3.34. The van der Waals surface area contributed by atoms with Gasteiger partial charge in [-0.3, -0.25) is 9.69 Å². The predicted molar refractivity (Wildman–Crippen MR) is 112 cm³/mol. The quantitative estimate of drug-likeness (QED) is 0.651. The van der Waals surface area contributed by atoms with Crippen molar-refractivity contribution >= 4 is 28.6 Å².